The highest BCUT2D eigenvalue weighted by Crippen LogP contribution is 2.13. The van der Waals surface area contributed by atoms with E-state index in [1.165, 1.54) is 11.8 Å². The van der Waals surface area contributed by atoms with Crippen molar-refractivity contribution in [2.45, 2.75) is 27.2 Å². The van der Waals surface area contributed by atoms with Gasteiger partial charge in [0, 0.05) is 12.5 Å². The number of carbonyl (C=O) groups is 2. The predicted molar refractivity (Wildman–Crippen MR) is 73.6 cm³/mol. The monoisotopic (exact) mass is 264 g/mol. The first-order valence-electron chi connectivity index (χ1n) is 6.72. The molecule has 0 fully saturated rings. The van der Waals surface area contributed by atoms with Gasteiger partial charge in [-0.25, -0.2) is 0 Å². The molecule has 0 aliphatic rings. The molecule has 19 heavy (non-hydrogen) atoms. The second-order valence-electron chi connectivity index (χ2n) is 4.50. The maximum Gasteiger partial charge on any atom is 0.308 e. The van der Waals surface area contributed by atoms with Gasteiger partial charge < -0.3 is 9.64 Å². The van der Waals surface area contributed by atoms with Gasteiger partial charge in [-0.2, -0.15) is 0 Å². The van der Waals surface area contributed by atoms with Crippen LogP contribution >= 0.6 is 0 Å². The summed E-state index contributed by atoms with van der Waals surface area (Å²) >= 11 is 0. The number of esters is 1. The quantitative estimate of drug-likeness (QED) is 0.456. The molecule has 0 unspecified atom stereocenters. The molecule has 1 rings (SSSR count). The van der Waals surface area contributed by atoms with Crippen LogP contribution in [0.15, 0.2) is 24.3 Å². The molecule has 0 aliphatic carbocycles. The standard InChI is InChI=1S/C15H21NO3/c1-4-16(5-2)11-10-15(18)13-6-8-14(9-7-13)19-12(3)17/h6-9H,4-5,10-11H2,1-3H3/p+1. The van der Waals surface area contributed by atoms with Gasteiger partial charge in [-0.15, -0.1) is 0 Å². The zero-order valence-electron chi connectivity index (χ0n) is 11.9. The number of carbonyl (C=O) groups excluding carboxylic acids is 2. The SMILES string of the molecule is CC[NH+](CC)CCC(=O)c1ccc(OC(C)=O)cc1. The highest BCUT2D eigenvalue weighted by atomic mass is 16.5. The zero-order chi connectivity index (χ0) is 14.3. The third-order valence-corrected chi connectivity index (χ3v) is 3.14. The molecule has 1 aromatic carbocycles. The lowest BCUT2D eigenvalue weighted by Gasteiger charge is -2.14. The van der Waals surface area contributed by atoms with E-state index in [9.17, 15) is 9.59 Å². The average molecular weight is 264 g/mol. The third kappa shape index (κ3) is 5.22. The molecular weight excluding hydrogens is 242 g/mol. The first kappa shape index (κ1) is 15.4. The van der Waals surface area contributed by atoms with Crippen LogP contribution in [0.5, 0.6) is 5.75 Å². The van der Waals surface area contributed by atoms with Gasteiger partial charge in [0.25, 0.3) is 0 Å². The molecule has 0 atom stereocenters. The van der Waals surface area contributed by atoms with Crippen molar-refractivity contribution in [2.75, 3.05) is 19.6 Å². The third-order valence-electron chi connectivity index (χ3n) is 3.14. The molecule has 4 heteroatoms. The van der Waals surface area contributed by atoms with Crippen molar-refractivity contribution in [3.05, 3.63) is 29.8 Å². The van der Waals surface area contributed by atoms with E-state index >= 15 is 0 Å². The lowest BCUT2D eigenvalue weighted by atomic mass is 10.1. The van der Waals surface area contributed by atoms with Gasteiger partial charge in [-0.05, 0) is 38.1 Å². The van der Waals surface area contributed by atoms with E-state index in [4.69, 9.17) is 4.74 Å². The second kappa shape index (κ2) is 7.69. The number of benzene rings is 1. The summed E-state index contributed by atoms with van der Waals surface area (Å²) in [5.41, 5.74) is 0.669. The summed E-state index contributed by atoms with van der Waals surface area (Å²) in [6.45, 7) is 8.53. The Hall–Kier alpha value is -1.68. The Kier molecular flexibility index (Phi) is 6.22. The first-order valence-corrected chi connectivity index (χ1v) is 6.72. The Morgan fingerprint density at radius 1 is 1.11 bits per heavy atom. The minimum atomic E-state index is -0.357. The maximum atomic E-state index is 12.0. The molecule has 0 spiro atoms. The van der Waals surface area contributed by atoms with Crippen LogP contribution in [0.1, 0.15) is 37.6 Å². The van der Waals surface area contributed by atoms with E-state index in [0.717, 1.165) is 19.6 Å². The first-order chi connectivity index (χ1) is 9.06. The van der Waals surface area contributed by atoms with Gasteiger partial charge in [0.15, 0.2) is 5.78 Å². The van der Waals surface area contributed by atoms with Crippen LogP contribution in [0, 0.1) is 0 Å². The topological polar surface area (TPSA) is 47.8 Å². The van der Waals surface area contributed by atoms with Crippen LogP contribution in [0.4, 0.5) is 0 Å². The van der Waals surface area contributed by atoms with E-state index in [1.54, 1.807) is 24.3 Å². The minimum absolute atomic E-state index is 0.133. The normalized spacial score (nSPS) is 10.5. The Morgan fingerprint density at radius 3 is 2.16 bits per heavy atom. The molecule has 0 amide bonds. The van der Waals surface area contributed by atoms with Crippen LogP contribution in [0.3, 0.4) is 0 Å². The van der Waals surface area contributed by atoms with Gasteiger partial charge in [0.1, 0.15) is 5.75 Å². The van der Waals surface area contributed by atoms with Crippen molar-refractivity contribution in [2.24, 2.45) is 0 Å². The number of ether oxygens (including phenoxy) is 1. The number of hydrogen-bond acceptors (Lipinski definition) is 3. The summed E-state index contributed by atoms with van der Waals surface area (Å²) in [5.74, 6) is 0.247. The lowest BCUT2D eigenvalue weighted by molar-refractivity contribution is -0.895. The highest BCUT2D eigenvalue weighted by Gasteiger charge is 2.10. The van der Waals surface area contributed by atoms with Crippen LogP contribution < -0.4 is 9.64 Å². The molecule has 104 valence electrons. The summed E-state index contributed by atoms with van der Waals surface area (Å²) in [7, 11) is 0. The number of ketones is 1. The van der Waals surface area contributed by atoms with Crippen molar-refractivity contribution in [3.8, 4) is 5.75 Å². The van der Waals surface area contributed by atoms with Crippen molar-refractivity contribution in [1.82, 2.24) is 0 Å². The molecule has 0 heterocycles. The van der Waals surface area contributed by atoms with Gasteiger partial charge in [0.2, 0.25) is 0 Å². The van der Waals surface area contributed by atoms with E-state index < -0.39 is 0 Å². The van der Waals surface area contributed by atoms with Crippen molar-refractivity contribution in [3.63, 3.8) is 0 Å². The highest BCUT2D eigenvalue weighted by molar-refractivity contribution is 5.96. The van der Waals surface area contributed by atoms with Crippen LogP contribution in [0.2, 0.25) is 0 Å². The van der Waals surface area contributed by atoms with Crippen molar-refractivity contribution >= 4 is 11.8 Å². The summed E-state index contributed by atoms with van der Waals surface area (Å²) < 4.78 is 4.93. The molecule has 0 saturated carbocycles. The number of nitrogens with one attached hydrogen (secondary N) is 1. The van der Waals surface area contributed by atoms with Gasteiger partial charge in [0.05, 0.1) is 26.1 Å². The van der Waals surface area contributed by atoms with E-state index in [1.807, 2.05) is 0 Å². The zero-order valence-corrected chi connectivity index (χ0v) is 11.9. The molecule has 0 radical (unpaired) electrons. The number of Topliss-reactive ketones (excluding diaryl/α,β-unsaturated/α-hetero) is 1. The molecule has 1 N–H and O–H groups in total. The average Bonchev–Trinajstić information content (AvgIpc) is 2.39. The van der Waals surface area contributed by atoms with Gasteiger partial charge in [-0.1, -0.05) is 0 Å². The van der Waals surface area contributed by atoms with Crippen LogP contribution in [-0.4, -0.2) is 31.4 Å². The summed E-state index contributed by atoms with van der Waals surface area (Å²) in [6, 6.07) is 6.72. The fourth-order valence-corrected chi connectivity index (χ4v) is 1.91. The van der Waals surface area contributed by atoms with Crippen LogP contribution in [0.25, 0.3) is 0 Å². The summed E-state index contributed by atoms with van der Waals surface area (Å²) in [4.78, 5) is 24.2. The Bertz CT molecular complexity index is 422. The second-order valence-corrected chi connectivity index (χ2v) is 4.50. The van der Waals surface area contributed by atoms with Crippen molar-refractivity contribution < 1.29 is 19.2 Å². The molecule has 0 aromatic heterocycles. The van der Waals surface area contributed by atoms with E-state index in [-0.39, 0.29) is 11.8 Å². The molecule has 0 saturated heterocycles. The van der Waals surface area contributed by atoms with E-state index in [0.29, 0.717) is 17.7 Å². The molecule has 0 aliphatic heterocycles. The number of hydrogen-bond donors (Lipinski definition) is 1. The number of quaternary nitrogens is 1. The van der Waals surface area contributed by atoms with Crippen LogP contribution in [-0.2, 0) is 4.79 Å². The smallest absolute Gasteiger partial charge is 0.308 e. The van der Waals surface area contributed by atoms with E-state index in [2.05, 4.69) is 13.8 Å². The summed E-state index contributed by atoms with van der Waals surface area (Å²) in [5, 5.41) is 0. The largest absolute Gasteiger partial charge is 0.427 e. The molecular formula is C15H22NO3+. The Morgan fingerprint density at radius 2 is 1.68 bits per heavy atom. The fourth-order valence-electron chi connectivity index (χ4n) is 1.91. The minimum Gasteiger partial charge on any atom is -0.427 e. The Balaban J connectivity index is 2.55. The predicted octanol–water partition coefficient (Wildman–Crippen LogP) is 1.11. The Labute approximate surface area is 114 Å². The summed E-state index contributed by atoms with van der Waals surface area (Å²) in [6.07, 6.45) is 0.546. The maximum absolute atomic E-state index is 12.0. The molecule has 4 nitrogen and oxygen atoms in total. The number of rotatable bonds is 7. The lowest BCUT2D eigenvalue weighted by Crippen LogP contribution is -3.11. The van der Waals surface area contributed by atoms with Gasteiger partial charge >= 0.3 is 5.97 Å². The fraction of sp³-hybridized carbons (Fsp3) is 0.467. The van der Waals surface area contributed by atoms with Gasteiger partial charge in [-0.3, -0.25) is 9.59 Å². The van der Waals surface area contributed by atoms with Crippen molar-refractivity contribution in [1.29, 1.82) is 0 Å². The molecule has 1 aromatic rings. The molecule has 0 bridgehead atoms.